The predicted molar refractivity (Wildman–Crippen MR) is 115 cm³/mol. The highest BCUT2D eigenvalue weighted by atomic mass is 19.3. The molecular weight excluding hydrogens is 392 g/mol. The second kappa shape index (κ2) is 9.97. The van der Waals surface area contributed by atoms with Gasteiger partial charge in [-0.15, -0.1) is 0 Å². The molecule has 30 heavy (non-hydrogen) atoms. The molecule has 0 radical (unpaired) electrons. The third-order valence-electron chi connectivity index (χ3n) is 4.06. The average Bonchev–Trinajstić information content (AvgIpc) is 3.07. The number of nitrogens with two attached hydrogens (primary N) is 2. The van der Waals surface area contributed by atoms with Crippen LogP contribution in [0.5, 0.6) is 0 Å². The Morgan fingerprint density at radius 2 is 1.93 bits per heavy atom. The van der Waals surface area contributed by atoms with E-state index in [4.69, 9.17) is 11.5 Å². The number of H-pyrrole nitrogens is 1. The molecule has 0 aliphatic carbocycles. The summed E-state index contributed by atoms with van der Waals surface area (Å²) in [6, 6.07) is 8.90. The number of aliphatic imine (C=N–C) groups is 1. The maximum absolute atomic E-state index is 13.6. The molecule has 1 aromatic carbocycles. The first-order valence-corrected chi connectivity index (χ1v) is 9.56. The van der Waals surface area contributed by atoms with E-state index in [2.05, 4.69) is 20.3 Å². The summed E-state index contributed by atoms with van der Waals surface area (Å²) in [6.07, 6.45) is 1.71. The number of guanidine groups is 1. The zero-order chi connectivity index (χ0) is 22.3. The molecule has 0 atom stereocenters. The lowest BCUT2D eigenvalue weighted by Gasteiger charge is -2.15. The molecule has 3 rings (SSSR count). The van der Waals surface area contributed by atoms with Gasteiger partial charge in [0.15, 0.2) is 5.96 Å². The van der Waals surface area contributed by atoms with E-state index in [1.165, 1.54) is 4.57 Å². The number of nitrogens with zero attached hydrogens (tertiary/aromatic N) is 3. The van der Waals surface area contributed by atoms with E-state index in [1.54, 1.807) is 30.5 Å². The second-order valence-corrected chi connectivity index (χ2v) is 6.52. The first kappa shape index (κ1) is 23.0. The molecule has 0 aliphatic heterocycles. The summed E-state index contributed by atoms with van der Waals surface area (Å²) in [6.45, 7) is 4.80. The Morgan fingerprint density at radius 3 is 2.57 bits per heavy atom. The van der Waals surface area contributed by atoms with Crippen molar-refractivity contribution in [2.75, 3.05) is 13.1 Å². The number of benzene rings is 1. The van der Waals surface area contributed by atoms with Crippen molar-refractivity contribution < 1.29 is 8.78 Å². The molecule has 6 N–H and O–H groups in total. The minimum absolute atomic E-state index is 0.237. The van der Waals surface area contributed by atoms with Gasteiger partial charge in [-0.2, -0.15) is 4.98 Å². The Labute approximate surface area is 173 Å². The summed E-state index contributed by atoms with van der Waals surface area (Å²) < 4.78 is 28.7. The number of hydrogen-bond acceptors (Lipinski definition) is 4. The molecule has 0 aliphatic rings. The van der Waals surface area contributed by atoms with Gasteiger partial charge in [0, 0.05) is 23.8 Å². The number of aryl methyl sites for hydroxylation is 1. The Kier molecular flexibility index (Phi) is 7.65. The van der Waals surface area contributed by atoms with E-state index in [-0.39, 0.29) is 12.5 Å². The topological polar surface area (TPSA) is 127 Å². The third kappa shape index (κ3) is 6.11. The van der Waals surface area contributed by atoms with Crippen LogP contribution >= 0.6 is 0 Å². The van der Waals surface area contributed by atoms with Crippen LogP contribution in [-0.2, 0) is 6.54 Å². The van der Waals surface area contributed by atoms with E-state index in [0.29, 0.717) is 11.3 Å². The predicted octanol–water partition coefficient (Wildman–Crippen LogP) is 2.05. The fourth-order valence-corrected chi connectivity index (χ4v) is 2.74. The molecule has 0 amide bonds. The van der Waals surface area contributed by atoms with Crippen LogP contribution < -0.4 is 22.5 Å². The summed E-state index contributed by atoms with van der Waals surface area (Å²) >= 11 is 0. The van der Waals surface area contributed by atoms with Gasteiger partial charge in [-0.3, -0.25) is 4.57 Å². The number of aromatic nitrogens is 3. The molecule has 8 nitrogen and oxygen atoms in total. The third-order valence-corrected chi connectivity index (χ3v) is 4.06. The molecule has 0 bridgehead atoms. The van der Waals surface area contributed by atoms with Gasteiger partial charge in [-0.1, -0.05) is 26.0 Å². The van der Waals surface area contributed by atoms with Crippen molar-refractivity contribution in [1.29, 1.82) is 0 Å². The molecule has 3 aromatic rings. The van der Waals surface area contributed by atoms with Crippen LogP contribution in [0.1, 0.15) is 25.1 Å². The molecule has 0 fully saturated rings. The summed E-state index contributed by atoms with van der Waals surface area (Å²) in [4.78, 5) is 22.6. The SMILES string of the molecule is CC.Cc1cc2cn(-c3ccc(CNCC(F)(F)CN=C(N)N)cc3)c(=O)nc2[nH]1. The number of halogens is 2. The van der Waals surface area contributed by atoms with Gasteiger partial charge in [0.25, 0.3) is 5.92 Å². The zero-order valence-corrected chi connectivity index (χ0v) is 17.2. The molecule has 0 spiro atoms. The van der Waals surface area contributed by atoms with Crippen LogP contribution in [0.2, 0.25) is 0 Å². The quantitative estimate of drug-likeness (QED) is 0.344. The van der Waals surface area contributed by atoms with Gasteiger partial charge >= 0.3 is 5.69 Å². The summed E-state index contributed by atoms with van der Waals surface area (Å²) in [7, 11) is 0. The van der Waals surface area contributed by atoms with Crippen molar-refractivity contribution in [3.05, 3.63) is 58.3 Å². The van der Waals surface area contributed by atoms with Crippen molar-refractivity contribution in [1.82, 2.24) is 19.9 Å². The lowest BCUT2D eigenvalue weighted by molar-refractivity contribution is 0.0120. The number of fused-ring (bicyclic) bond motifs is 1. The van der Waals surface area contributed by atoms with E-state index in [0.717, 1.165) is 16.6 Å². The molecule has 10 heteroatoms. The number of rotatable bonds is 7. The second-order valence-electron chi connectivity index (χ2n) is 6.52. The van der Waals surface area contributed by atoms with Crippen LogP contribution in [0.25, 0.3) is 16.7 Å². The van der Waals surface area contributed by atoms with Crippen molar-refractivity contribution in [2.45, 2.75) is 33.2 Å². The molecule has 0 unspecified atom stereocenters. The highest BCUT2D eigenvalue weighted by Gasteiger charge is 2.27. The number of alkyl halides is 2. The van der Waals surface area contributed by atoms with Crippen molar-refractivity contribution in [3.8, 4) is 5.69 Å². The Balaban J connectivity index is 0.00000155. The van der Waals surface area contributed by atoms with Crippen LogP contribution in [0, 0.1) is 6.92 Å². The fourth-order valence-electron chi connectivity index (χ4n) is 2.74. The van der Waals surface area contributed by atoms with Crippen LogP contribution in [0.15, 0.2) is 46.3 Å². The molecule has 0 saturated heterocycles. The minimum Gasteiger partial charge on any atom is -0.370 e. The van der Waals surface area contributed by atoms with Crippen molar-refractivity contribution in [3.63, 3.8) is 0 Å². The number of aromatic amines is 1. The molecule has 2 aromatic heterocycles. The van der Waals surface area contributed by atoms with Crippen LogP contribution in [-0.4, -0.2) is 39.5 Å². The Hall–Kier alpha value is -3.27. The average molecular weight is 419 g/mol. The van der Waals surface area contributed by atoms with Crippen LogP contribution in [0.3, 0.4) is 0 Å². The van der Waals surface area contributed by atoms with E-state index in [1.807, 2.05) is 26.8 Å². The maximum Gasteiger partial charge on any atom is 0.354 e. The van der Waals surface area contributed by atoms with Gasteiger partial charge in [0.05, 0.1) is 12.2 Å². The van der Waals surface area contributed by atoms with Gasteiger partial charge in [-0.25, -0.2) is 18.6 Å². The maximum atomic E-state index is 13.6. The lowest BCUT2D eigenvalue weighted by atomic mass is 10.2. The highest BCUT2D eigenvalue weighted by Crippen LogP contribution is 2.15. The van der Waals surface area contributed by atoms with Crippen molar-refractivity contribution in [2.24, 2.45) is 16.5 Å². The standard InChI is InChI=1S/C18H21F2N7O.C2H6/c1-11-6-13-8-27(17(28)26-15(13)25-11)14-4-2-12(3-5-14)7-23-9-18(19,20)10-24-16(21)22;1-2/h2-6,8,23H,7,9-10H2,1H3,(H4,21,22,24)(H,25,26,28);1-2H3. The van der Waals surface area contributed by atoms with Gasteiger partial charge in [-0.05, 0) is 30.7 Å². The minimum atomic E-state index is -3.05. The van der Waals surface area contributed by atoms with Crippen LogP contribution in [0.4, 0.5) is 8.78 Å². The first-order valence-electron chi connectivity index (χ1n) is 9.56. The Bertz CT molecular complexity index is 1050. The summed E-state index contributed by atoms with van der Waals surface area (Å²) in [5.74, 6) is -3.42. The highest BCUT2D eigenvalue weighted by molar-refractivity contribution is 5.76. The summed E-state index contributed by atoms with van der Waals surface area (Å²) in [5, 5.41) is 3.50. The van der Waals surface area contributed by atoms with Gasteiger partial charge < -0.3 is 21.8 Å². The van der Waals surface area contributed by atoms with Gasteiger partial charge in [0.2, 0.25) is 0 Å². The van der Waals surface area contributed by atoms with Crippen molar-refractivity contribution >= 4 is 17.0 Å². The number of nitrogens with one attached hydrogen (secondary N) is 2. The fraction of sp³-hybridized carbons (Fsp3) is 0.350. The molecule has 162 valence electrons. The zero-order valence-electron chi connectivity index (χ0n) is 17.2. The summed E-state index contributed by atoms with van der Waals surface area (Å²) in [5.41, 5.74) is 12.6. The van der Waals surface area contributed by atoms with E-state index < -0.39 is 24.7 Å². The first-order chi connectivity index (χ1) is 14.2. The molecular formula is C20H27F2N7O. The Morgan fingerprint density at radius 1 is 1.27 bits per heavy atom. The monoisotopic (exact) mass is 419 g/mol. The lowest BCUT2D eigenvalue weighted by Crippen LogP contribution is -2.36. The number of hydrogen-bond donors (Lipinski definition) is 4. The largest absolute Gasteiger partial charge is 0.370 e. The molecule has 2 heterocycles. The van der Waals surface area contributed by atoms with E-state index >= 15 is 0 Å². The molecule has 0 saturated carbocycles. The van der Waals surface area contributed by atoms with E-state index in [9.17, 15) is 13.6 Å². The smallest absolute Gasteiger partial charge is 0.354 e. The normalized spacial score (nSPS) is 11.1. The van der Waals surface area contributed by atoms with Gasteiger partial charge in [0.1, 0.15) is 12.2 Å².